The van der Waals surface area contributed by atoms with Crippen molar-refractivity contribution in [2.24, 2.45) is 0 Å². The normalized spacial score (nSPS) is 12.5. The first kappa shape index (κ1) is 7.86. The van der Waals surface area contributed by atoms with E-state index in [9.17, 15) is 0 Å². The molecule has 0 spiro atoms. The van der Waals surface area contributed by atoms with E-state index < -0.39 is 0 Å². The van der Waals surface area contributed by atoms with Crippen molar-refractivity contribution >= 4 is 5.69 Å². The van der Waals surface area contributed by atoms with Gasteiger partial charge in [0.1, 0.15) is 0 Å². The molecular weight excluding hydrogens is 134 g/mol. The lowest BCUT2D eigenvalue weighted by atomic mass is 10.00. The Bertz CT molecular complexity index is 253. The van der Waals surface area contributed by atoms with Crippen LogP contribution < -0.4 is 5.73 Å². The summed E-state index contributed by atoms with van der Waals surface area (Å²) >= 11 is 0. The zero-order valence-corrected chi connectivity index (χ0v) is 6.75. The maximum absolute atomic E-state index is 5.75. The second-order valence-corrected chi connectivity index (χ2v) is 2.65. The van der Waals surface area contributed by atoms with Crippen molar-refractivity contribution in [1.29, 1.82) is 0 Å². The van der Waals surface area contributed by atoms with Crippen molar-refractivity contribution in [2.75, 3.05) is 5.73 Å². The fourth-order valence-electron chi connectivity index (χ4n) is 1.05. The lowest BCUT2D eigenvalue weighted by Crippen LogP contribution is -1.95. The summed E-state index contributed by atoms with van der Waals surface area (Å²) < 4.78 is 0. The molecule has 0 amide bonds. The van der Waals surface area contributed by atoms with Crippen LogP contribution in [0.1, 0.15) is 18.4 Å². The van der Waals surface area contributed by atoms with Crippen LogP contribution in [0.25, 0.3) is 0 Å². The summed E-state index contributed by atoms with van der Waals surface area (Å²) in [5, 5.41) is 0. The van der Waals surface area contributed by atoms with Gasteiger partial charge < -0.3 is 5.73 Å². The SMILES string of the molecule is C=C[C@@H](C)c1ccccc1N. The minimum atomic E-state index is 0.344. The van der Waals surface area contributed by atoms with E-state index in [-0.39, 0.29) is 0 Å². The van der Waals surface area contributed by atoms with Gasteiger partial charge in [-0.1, -0.05) is 31.2 Å². The van der Waals surface area contributed by atoms with Crippen LogP contribution >= 0.6 is 0 Å². The molecule has 0 bridgehead atoms. The summed E-state index contributed by atoms with van der Waals surface area (Å²) in [5.74, 6) is 0.344. The van der Waals surface area contributed by atoms with E-state index in [0.29, 0.717) is 5.92 Å². The van der Waals surface area contributed by atoms with Crippen molar-refractivity contribution in [1.82, 2.24) is 0 Å². The number of hydrogen-bond acceptors (Lipinski definition) is 1. The van der Waals surface area contributed by atoms with Gasteiger partial charge in [-0.25, -0.2) is 0 Å². The van der Waals surface area contributed by atoms with E-state index in [1.807, 2.05) is 30.3 Å². The quantitative estimate of drug-likeness (QED) is 0.505. The topological polar surface area (TPSA) is 26.0 Å². The number of rotatable bonds is 2. The lowest BCUT2D eigenvalue weighted by Gasteiger charge is -2.08. The number of nitrogens with two attached hydrogens (primary N) is 1. The summed E-state index contributed by atoms with van der Waals surface area (Å²) in [5.41, 5.74) is 7.75. The lowest BCUT2D eigenvalue weighted by molar-refractivity contribution is 0.975. The fraction of sp³-hybridized carbons (Fsp3) is 0.200. The summed E-state index contributed by atoms with van der Waals surface area (Å²) in [7, 11) is 0. The van der Waals surface area contributed by atoms with Crippen molar-refractivity contribution in [3.8, 4) is 0 Å². The van der Waals surface area contributed by atoms with Crippen molar-refractivity contribution in [2.45, 2.75) is 12.8 Å². The molecular formula is C10H13N. The second kappa shape index (κ2) is 3.24. The van der Waals surface area contributed by atoms with E-state index in [2.05, 4.69) is 13.5 Å². The van der Waals surface area contributed by atoms with Crippen LogP contribution in [0.15, 0.2) is 36.9 Å². The summed E-state index contributed by atoms with van der Waals surface area (Å²) in [6.45, 7) is 5.80. The van der Waals surface area contributed by atoms with Crippen LogP contribution in [0.3, 0.4) is 0 Å². The molecule has 0 aliphatic carbocycles. The average molecular weight is 147 g/mol. The molecule has 0 aliphatic heterocycles. The summed E-state index contributed by atoms with van der Waals surface area (Å²) in [6.07, 6.45) is 1.89. The minimum Gasteiger partial charge on any atom is -0.398 e. The Morgan fingerprint density at radius 2 is 2.09 bits per heavy atom. The maximum atomic E-state index is 5.75. The molecule has 0 saturated carbocycles. The number of hydrogen-bond donors (Lipinski definition) is 1. The third-order valence-corrected chi connectivity index (χ3v) is 1.84. The predicted molar refractivity (Wildman–Crippen MR) is 49.5 cm³/mol. The van der Waals surface area contributed by atoms with Crippen LogP contribution in [-0.4, -0.2) is 0 Å². The average Bonchev–Trinajstić information content (AvgIpc) is 2.04. The summed E-state index contributed by atoms with van der Waals surface area (Å²) in [6, 6.07) is 7.87. The van der Waals surface area contributed by atoms with Crippen LogP contribution in [0, 0.1) is 0 Å². The molecule has 1 nitrogen and oxygen atoms in total. The second-order valence-electron chi connectivity index (χ2n) is 2.65. The largest absolute Gasteiger partial charge is 0.398 e. The van der Waals surface area contributed by atoms with Gasteiger partial charge in [0.2, 0.25) is 0 Å². The molecule has 58 valence electrons. The van der Waals surface area contributed by atoms with Gasteiger partial charge in [-0.3, -0.25) is 0 Å². The number of benzene rings is 1. The molecule has 1 aromatic carbocycles. The van der Waals surface area contributed by atoms with Gasteiger partial charge in [0.05, 0.1) is 0 Å². The summed E-state index contributed by atoms with van der Waals surface area (Å²) in [4.78, 5) is 0. The first-order chi connectivity index (χ1) is 5.25. The molecule has 0 fully saturated rings. The van der Waals surface area contributed by atoms with Crippen molar-refractivity contribution in [3.63, 3.8) is 0 Å². The highest BCUT2D eigenvalue weighted by Crippen LogP contribution is 2.21. The molecule has 1 rings (SSSR count). The van der Waals surface area contributed by atoms with E-state index in [0.717, 1.165) is 11.3 Å². The number of nitrogen functional groups attached to an aromatic ring is 1. The van der Waals surface area contributed by atoms with Gasteiger partial charge >= 0.3 is 0 Å². The zero-order chi connectivity index (χ0) is 8.27. The molecule has 0 saturated heterocycles. The first-order valence-electron chi connectivity index (χ1n) is 3.72. The molecule has 1 aromatic rings. The fourth-order valence-corrected chi connectivity index (χ4v) is 1.05. The maximum Gasteiger partial charge on any atom is 0.0352 e. The Kier molecular flexibility index (Phi) is 2.32. The zero-order valence-electron chi connectivity index (χ0n) is 6.75. The Hall–Kier alpha value is -1.24. The highest BCUT2D eigenvalue weighted by atomic mass is 14.6. The number of allylic oxidation sites excluding steroid dienone is 1. The Morgan fingerprint density at radius 1 is 1.45 bits per heavy atom. The molecule has 2 N–H and O–H groups in total. The number of para-hydroxylation sites is 1. The van der Waals surface area contributed by atoms with E-state index in [4.69, 9.17) is 5.73 Å². The smallest absolute Gasteiger partial charge is 0.0352 e. The van der Waals surface area contributed by atoms with Crippen LogP contribution in [-0.2, 0) is 0 Å². The van der Waals surface area contributed by atoms with Gasteiger partial charge in [-0.2, -0.15) is 0 Å². The van der Waals surface area contributed by atoms with Gasteiger partial charge in [0.15, 0.2) is 0 Å². The Labute approximate surface area is 67.5 Å². The molecule has 11 heavy (non-hydrogen) atoms. The first-order valence-corrected chi connectivity index (χ1v) is 3.72. The van der Waals surface area contributed by atoms with E-state index >= 15 is 0 Å². The number of anilines is 1. The molecule has 0 aliphatic rings. The molecule has 0 unspecified atom stereocenters. The van der Waals surface area contributed by atoms with Crippen molar-refractivity contribution < 1.29 is 0 Å². The highest BCUT2D eigenvalue weighted by Gasteiger charge is 2.02. The van der Waals surface area contributed by atoms with Gasteiger partial charge in [0, 0.05) is 11.6 Å². The van der Waals surface area contributed by atoms with E-state index in [1.165, 1.54) is 0 Å². The predicted octanol–water partition coefficient (Wildman–Crippen LogP) is 2.56. The monoisotopic (exact) mass is 147 g/mol. The van der Waals surface area contributed by atoms with Gasteiger partial charge in [0.25, 0.3) is 0 Å². The van der Waals surface area contributed by atoms with Crippen LogP contribution in [0.5, 0.6) is 0 Å². The molecule has 1 atom stereocenters. The van der Waals surface area contributed by atoms with Crippen molar-refractivity contribution in [3.05, 3.63) is 42.5 Å². The highest BCUT2D eigenvalue weighted by molar-refractivity contribution is 5.49. The Balaban J connectivity index is 3.02. The molecule has 0 heterocycles. The van der Waals surface area contributed by atoms with E-state index in [1.54, 1.807) is 0 Å². The van der Waals surface area contributed by atoms with Gasteiger partial charge in [-0.15, -0.1) is 6.58 Å². The van der Waals surface area contributed by atoms with Crippen LogP contribution in [0.2, 0.25) is 0 Å². The van der Waals surface area contributed by atoms with Crippen LogP contribution in [0.4, 0.5) is 5.69 Å². The van der Waals surface area contributed by atoms with Gasteiger partial charge in [-0.05, 0) is 11.6 Å². The third-order valence-electron chi connectivity index (χ3n) is 1.84. The third kappa shape index (κ3) is 1.61. The standard InChI is InChI=1S/C10H13N/c1-3-8(2)9-6-4-5-7-10(9)11/h3-8H,1,11H2,2H3/t8-/m1/s1. The minimum absolute atomic E-state index is 0.344. The molecule has 0 radical (unpaired) electrons. The molecule has 0 aromatic heterocycles. The Morgan fingerprint density at radius 3 is 2.64 bits per heavy atom. The molecule has 1 heteroatoms.